The second-order valence-electron chi connectivity index (χ2n) is 7.48. The van der Waals surface area contributed by atoms with Gasteiger partial charge in [-0.05, 0) is 36.6 Å². The molecule has 2 aliphatic rings. The van der Waals surface area contributed by atoms with Crippen molar-refractivity contribution >= 4 is 23.7 Å². The second kappa shape index (κ2) is 6.84. The number of aliphatic carboxylic acids is 1. The molecular formula is C22H20N2O5. The maximum absolute atomic E-state index is 13.0. The van der Waals surface area contributed by atoms with Gasteiger partial charge in [-0.15, -0.1) is 0 Å². The van der Waals surface area contributed by atoms with Crippen molar-refractivity contribution in [2.45, 2.75) is 18.3 Å². The smallest absolute Gasteiger partial charge is 0.314 e. The monoisotopic (exact) mass is 392 g/mol. The molecule has 0 radical (unpaired) electrons. The first-order chi connectivity index (χ1) is 13.8. The van der Waals surface area contributed by atoms with E-state index in [0.717, 1.165) is 10.5 Å². The summed E-state index contributed by atoms with van der Waals surface area (Å²) in [7, 11) is 1.41. The van der Waals surface area contributed by atoms with Crippen LogP contribution in [0.4, 0.5) is 0 Å². The Morgan fingerprint density at radius 1 is 0.931 bits per heavy atom. The highest BCUT2D eigenvalue weighted by Crippen LogP contribution is 2.36. The van der Waals surface area contributed by atoms with E-state index in [2.05, 4.69) is 0 Å². The number of piperidine rings is 1. The molecule has 0 aliphatic carbocycles. The molecule has 3 amide bonds. The molecule has 7 heteroatoms. The lowest BCUT2D eigenvalue weighted by molar-refractivity contribution is -0.145. The Kier molecular flexibility index (Phi) is 4.45. The summed E-state index contributed by atoms with van der Waals surface area (Å²) in [6.07, 6.45) is 0.617. The van der Waals surface area contributed by atoms with Crippen LogP contribution in [0.3, 0.4) is 0 Å². The summed E-state index contributed by atoms with van der Waals surface area (Å²) >= 11 is 0. The Hall–Kier alpha value is -3.48. The SMILES string of the molecule is CN1C(=O)c2ccc(C(=O)N3CCC(C(=O)O)(c4ccccc4)CC3)cc2C1=O. The molecule has 0 saturated carbocycles. The molecule has 29 heavy (non-hydrogen) atoms. The molecule has 2 aromatic rings. The van der Waals surface area contributed by atoms with Crippen LogP contribution in [0.5, 0.6) is 0 Å². The van der Waals surface area contributed by atoms with E-state index in [1.54, 1.807) is 11.0 Å². The van der Waals surface area contributed by atoms with Crippen molar-refractivity contribution in [3.8, 4) is 0 Å². The van der Waals surface area contributed by atoms with Crippen molar-refractivity contribution in [1.82, 2.24) is 9.80 Å². The average molecular weight is 392 g/mol. The van der Waals surface area contributed by atoms with E-state index in [1.807, 2.05) is 30.3 Å². The van der Waals surface area contributed by atoms with E-state index in [4.69, 9.17) is 0 Å². The standard InChI is InChI=1S/C22H20N2O5/c1-23-19(26)16-8-7-14(13-17(16)20(23)27)18(25)24-11-9-22(10-12-24,21(28)29)15-5-3-2-4-6-15/h2-8,13H,9-12H2,1H3,(H,28,29). The van der Waals surface area contributed by atoms with Crippen molar-refractivity contribution in [2.75, 3.05) is 20.1 Å². The average Bonchev–Trinajstić information content (AvgIpc) is 2.97. The Morgan fingerprint density at radius 3 is 2.17 bits per heavy atom. The summed E-state index contributed by atoms with van der Waals surface area (Å²) in [5.74, 6) is -1.96. The highest BCUT2D eigenvalue weighted by atomic mass is 16.4. The van der Waals surface area contributed by atoms with Crippen LogP contribution < -0.4 is 0 Å². The van der Waals surface area contributed by atoms with Crippen LogP contribution in [0.1, 0.15) is 49.5 Å². The molecule has 0 spiro atoms. The first-order valence-corrected chi connectivity index (χ1v) is 9.40. The van der Waals surface area contributed by atoms with Crippen LogP contribution in [0.15, 0.2) is 48.5 Å². The number of carboxylic acid groups (broad SMARTS) is 1. The summed E-state index contributed by atoms with van der Waals surface area (Å²) in [6, 6.07) is 13.6. The minimum atomic E-state index is -1.01. The summed E-state index contributed by atoms with van der Waals surface area (Å²) in [4.78, 5) is 51.9. The van der Waals surface area contributed by atoms with E-state index in [1.165, 1.54) is 19.2 Å². The maximum atomic E-state index is 13.0. The van der Waals surface area contributed by atoms with Crippen molar-refractivity contribution < 1.29 is 24.3 Å². The molecule has 148 valence electrons. The minimum Gasteiger partial charge on any atom is -0.481 e. The quantitative estimate of drug-likeness (QED) is 0.808. The molecule has 0 aromatic heterocycles. The Labute approximate surface area is 167 Å². The van der Waals surface area contributed by atoms with Gasteiger partial charge in [0.05, 0.1) is 16.5 Å². The first-order valence-electron chi connectivity index (χ1n) is 9.40. The largest absolute Gasteiger partial charge is 0.481 e. The molecule has 2 aromatic carbocycles. The van der Waals surface area contributed by atoms with Crippen molar-refractivity contribution in [1.29, 1.82) is 0 Å². The van der Waals surface area contributed by atoms with Gasteiger partial charge in [-0.1, -0.05) is 30.3 Å². The first kappa shape index (κ1) is 18.9. The third kappa shape index (κ3) is 2.90. The predicted octanol–water partition coefficient (Wildman–Crippen LogP) is 2.17. The number of imide groups is 1. The molecule has 1 fully saturated rings. The van der Waals surface area contributed by atoms with Crippen molar-refractivity contribution in [2.24, 2.45) is 0 Å². The molecule has 7 nitrogen and oxygen atoms in total. The summed E-state index contributed by atoms with van der Waals surface area (Å²) in [5.41, 5.74) is 0.569. The van der Waals surface area contributed by atoms with E-state index < -0.39 is 17.3 Å². The Morgan fingerprint density at radius 2 is 1.55 bits per heavy atom. The number of benzene rings is 2. The van der Waals surface area contributed by atoms with Crippen molar-refractivity contribution in [3.05, 3.63) is 70.8 Å². The fraction of sp³-hybridized carbons (Fsp3) is 0.273. The van der Waals surface area contributed by atoms with Crippen LogP contribution >= 0.6 is 0 Å². The number of fused-ring (bicyclic) bond motifs is 1. The van der Waals surface area contributed by atoms with Crippen LogP contribution in [0.25, 0.3) is 0 Å². The lowest BCUT2D eigenvalue weighted by atomic mass is 9.72. The summed E-state index contributed by atoms with van der Waals surface area (Å²) in [5, 5.41) is 9.89. The summed E-state index contributed by atoms with van der Waals surface area (Å²) < 4.78 is 0. The second-order valence-corrected chi connectivity index (χ2v) is 7.48. The fourth-order valence-corrected chi connectivity index (χ4v) is 4.15. The number of rotatable bonds is 3. The number of hydrogen-bond acceptors (Lipinski definition) is 4. The Bertz CT molecular complexity index is 1020. The topological polar surface area (TPSA) is 95.0 Å². The molecule has 0 atom stereocenters. The van der Waals surface area contributed by atoms with Crippen LogP contribution in [-0.4, -0.2) is 58.7 Å². The minimum absolute atomic E-state index is 0.226. The zero-order chi connectivity index (χ0) is 20.8. The number of nitrogens with zero attached hydrogens (tertiary/aromatic N) is 2. The number of carbonyl (C=O) groups is 4. The predicted molar refractivity (Wildman–Crippen MR) is 104 cm³/mol. The van der Waals surface area contributed by atoms with Gasteiger partial charge in [-0.3, -0.25) is 24.1 Å². The number of hydrogen-bond donors (Lipinski definition) is 1. The third-order valence-electron chi connectivity index (χ3n) is 5.98. The number of amides is 3. The van der Waals surface area contributed by atoms with Crippen LogP contribution in [-0.2, 0) is 10.2 Å². The highest BCUT2D eigenvalue weighted by Gasteiger charge is 2.44. The molecule has 0 bridgehead atoms. The summed E-state index contributed by atoms with van der Waals surface area (Å²) in [6.45, 7) is 0.591. The molecule has 4 rings (SSSR count). The number of carbonyl (C=O) groups excluding carboxylic acids is 3. The fourth-order valence-electron chi connectivity index (χ4n) is 4.15. The van der Waals surface area contributed by atoms with Crippen molar-refractivity contribution in [3.63, 3.8) is 0 Å². The van der Waals surface area contributed by atoms with Gasteiger partial charge in [0.1, 0.15) is 0 Å². The van der Waals surface area contributed by atoms with Gasteiger partial charge in [-0.25, -0.2) is 0 Å². The molecule has 1 saturated heterocycles. The van der Waals surface area contributed by atoms with Crippen LogP contribution in [0.2, 0.25) is 0 Å². The Balaban J connectivity index is 1.55. The molecule has 2 aliphatic heterocycles. The molecule has 0 unspecified atom stereocenters. The van der Waals surface area contributed by atoms with Gasteiger partial charge < -0.3 is 10.0 Å². The normalized spacial score (nSPS) is 18.0. The van der Waals surface area contributed by atoms with Gasteiger partial charge in [-0.2, -0.15) is 0 Å². The van der Waals surface area contributed by atoms with Gasteiger partial charge in [0.15, 0.2) is 0 Å². The van der Waals surface area contributed by atoms with E-state index >= 15 is 0 Å². The number of likely N-dealkylation sites (tertiary alicyclic amines) is 1. The van der Waals surface area contributed by atoms with E-state index in [0.29, 0.717) is 37.1 Å². The van der Waals surface area contributed by atoms with Crippen LogP contribution in [0, 0.1) is 0 Å². The molecule has 2 heterocycles. The number of carboxylic acids is 1. The zero-order valence-corrected chi connectivity index (χ0v) is 15.9. The van der Waals surface area contributed by atoms with Gasteiger partial charge in [0.2, 0.25) is 0 Å². The van der Waals surface area contributed by atoms with E-state index in [9.17, 15) is 24.3 Å². The molecular weight excluding hydrogens is 372 g/mol. The van der Waals surface area contributed by atoms with Gasteiger partial charge in [0, 0.05) is 25.7 Å². The maximum Gasteiger partial charge on any atom is 0.314 e. The van der Waals surface area contributed by atoms with E-state index in [-0.39, 0.29) is 17.4 Å². The van der Waals surface area contributed by atoms with Gasteiger partial charge in [0.25, 0.3) is 17.7 Å². The molecule has 1 N–H and O–H groups in total. The third-order valence-corrected chi connectivity index (χ3v) is 5.98. The lowest BCUT2D eigenvalue weighted by Crippen LogP contribution is -2.49. The van der Waals surface area contributed by atoms with Gasteiger partial charge >= 0.3 is 5.97 Å². The zero-order valence-electron chi connectivity index (χ0n) is 15.9. The highest BCUT2D eigenvalue weighted by molar-refractivity contribution is 6.21. The lowest BCUT2D eigenvalue weighted by Gasteiger charge is -2.39.